The summed E-state index contributed by atoms with van der Waals surface area (Å²) in [5.41, 5.74) is 2.47. The highest BCUT2D eigenvalue weighted by molar-refractivity contribution is 7.11. The minimum absolute atomic E-state index is 0.401. The standard InChI is InChI=1S/C20H31N5S/c1-15(25(5)14-18-9-7-6-8-10-18)13-23-20(21-4)22-12-11-19-24-16(2)17(3)26-19/h6-10,15H,11-14H2,1-5H3,(H2,21,22,23). The molecule has 0 fully saturated rings. The van der Waals surface area contributed by atoms with E-state index in [-0.39, 0.29) is 0 Å². The van der Waals surface area contributed by atoms with Gasteiger partial charge in [-0.15, -0.1) is 11.3 Å². The molecule has 0 aliphatic carbocycles. The highest BCUT2D eigenvalue weighted by Crippen LogP contribution is 2.16. The molecule has 0 saturated carbocycles. The minimum Gasteiger partial charge on any atom is -0.356 e. The monoisotopic (exact) mass is 373 g/mol. The molecule has 1 atom stereocenters. The third-order valence-electron chi connectivity index (χ3n) is 4.52. The summed E-state index contributed by atoms with van der Waals surface area (Å²) >= 11 is 1.78. The number of hydrogen-bond acceptors (Lipinski definition) is 4. The maximum atomic E-state index is 4.58. The number of aryl methyl sites for hydroxylation is 2. The van der Waals surface area contributed by atoms with E-state index in [4.69, 9.17) is 0 Å². The predicted molar refractivity (Wildman–Crippen MR) is 112 cm³/mol. The quantitative estimate of drug-likeness (QED) is 0.552. The Balaban J connectivity index is 1.71. The zero-order valence-corrected chi connectivity index (χ0v) is 17.4. The van der Waals surface area contributed by atoms with Gasteiger partial charge in [0.15, 0.2) is 5.96 Å². The molecule has 1 heterocycles. The zero-order valence-electron chi connectivity index (χ0n) is 16.5. The summed E-state index contributed by atoms with van der Waals surface area (Å²) in [7, 11) is 3.97. The molecule has 2 aromatic rings. The maximum absolute atomic E-state index is 4.58. The van der Waals surface area contributed by atoms with Crippen LogP contribution in [0, 0.1) is 13.8 Å². The molecule has 0 aliphatic heterocycles. The van der Waals surface area contributed by atoms with E-state index in [9.17, 15) is 0 Å². The number of benzene rings is 1. The summed E-state index contributed by atoms with van der Waals surface area (Å²) in [5, 5.41) is 7.98. The number of nitrogens with zero attached hydrogens (tertiary/aromatic N) is 3. The van der Waals surface area contributed by atoms with E-state index in [1.54, 1.807) is 11.3 Å². The molecule has 1 unspecified atom stereocenters. The van der Waals surface area contributed by atoms with Gasteiger partial charge in [-0.25, -0.2) is 4.98 Å². The first-order valence-corrected chi connectivity index (χ1v) is 9.92. The van der Waals surface area contributed by atoms with Crippen molar-refractivity contribution < 1.29 is 0 Å². The van der Waals surface area contributed by atoms with E-state index in [0.717, 1.165) is 37.7 Å². The third-order valence-corrected chi connectivity index (χ3v) is 5.65. The van der Waals surface area contributed by atoms with Gasteiger partial charge in [0.1, 0.15) is 0 Å². The Labute approximate surface area is 161 Å². The van der Waals surface area contributed by atoms with Gasteiger partial charge in [-0.2, -0.15) is 0 Å². The van der Waals surface area contributed by atoms with Crippen molar-refractivity contribution >= 4 is 17.3 Å². The van der Waals surface area contributed by atoms with Crippen molar-refractivity contribution in [2.75, 3.05) is 27.2 Å². The van der Waals surface area contributed by atoms with Gasteiger partial charge in [-0.1, -0.05) is 30.3 Å². The second-order valence-corrected chi connectivity index (χ2v) is 7.92. The van der Waals surface area contributed by atoms with Crippen LogP contribution in [-0.4, -0.2) is 49.1 Å². The number of likely N-dealkylation sites (N-methyl/N-ethyl adjacent to an activating group) is 1. The summed E-state index contributed by atoms with van der Waals surface area (Å²) in [6.45, 7) is 9.04. The van der Waals surface area contributed by atoms with E-state index >= 15 is 0 Å². The Morgan fingerprint density at radius 3 is 2.58 bits per heavy atom. The summed E-state index contributed by atoms with van der Waals surface area (Å²) in [6, 6.07) is 11.0. The van der Waals surface area contributed by atoms with Gasteiger partial charge in [0, 0.05) is 44.0 Å². The summed E-state index contributed by atoms with van der Waals surface area (Å²) in [6.07, 6.45) is 0.920. The highest BCUT2D eigenvalue weighted by Gasteiger charge is 2.10. The molecule has 6 heteroatoms. The lowest BCUT2D eigenvalue weighted by Crippen LogP contribution is -2.45. The average Bonchev–Trinajstić information content (AvgIpc) is 2.96. The van der Waals surface area contributed by atoms with Gasteiger partial charge in [0.05, 0.1) is 10.7 Å². The van der Waals surface area contributed by atoms with E-state index in [2.05, 4.69) is 83.7 Å². The van der Waals surface area contributed by atoms with Crippen LogP contribution in [0.3, 0.4) is 0 Å². The summed E-state index contributed by atoms with van der Waals surface area (Å²) in [5.74, 6) is 0.843. The van der Waals surface area contributed by atoms with Crippen molar-refractivity contribution in [3.8, 4) is 0 Å². The number of guanidine groups is 1. The molecule has 0 aliphatic rings. The Bertz CT molecular complexity index is 676. The SMILES string of the molecule is CN=C(NCCc1nc(C)c(C)s1)NCC(C)N(C)Cc1ccccc1. The number of hydrogen-bond donors (Lipinski definition) is 2. The van der Waals surface area contributed by atoms with Crippen molar-refractivity contribution in [1.29, 1.82) is 0 Å². The first-order valence-electron chi connectivity index (χ1n) is 9.11. The average molecular weight is 374 g/mol. The third kappa shape index (κ3) is 6.42. The Hall–Kier alpha value is -1.92. The summed E-state index contributed by atoms with van der Waals surface area (Å²) in [4.78, 5) is 12.5. The molecule has 0 radical (unpaired) electrons. The number of aliphatic imine (C=N–C) groups is 1. The molecule has 0 amide bonds. The van der Waals surface area contributed by atoms with E-state index < -0.39 is 0 Å². The molecular formula is C20H31N5S. The van der Waals surface area contributed by atoms with Crippen LogP contribution in [-0.2, 0) is 13.0 Å². The molecule has 2 rings (SSSR count). The van der Waals surface area contributed by atoms with Crippen LogP contribution in [0.25, 0.3) is 0 Å². The topological polar surface area (TPSA) is 52.6 Å². The number of thiazole rings is 1. The van der Waals surface area contributed by atoms with Gasteiger partial charge < -0.3 is 10.6 Å². The molecule has 1 aromatic heterocycles. The Morgan fingerprint density at radius 1 is 1.23 bits per heavy atom. The Kier molecular flexibility index (Phi) is 8.06. The predicted octanol–water partition coefficient (Wildman–Crippen LogP) is 2.99. The first kappa shape index (κ1) is 20.4. The Morgan fingerprint density at radius 2 is 1.96 bits per heavy atom. The van der Waals surface area contributed by atoms with E-state index in [1.165, 1.54) is 15.4 Å². The van der Waals surface area contributed by atoms with Crippen molar-refractivity contribution in [1.82, 2.24) is 20.5 Å². The van der Waals surface area contributed by atoms with Crippen LogP contribution in [0.1, 0.15) is 28.1 Å². The minimum atomic E-state index is 0.401. The van der Waals surface area contributed by atoms with Gasteiger partial charge >= 0.3 is 0 Å². The molecule has 1 aromatic carbocycles. The van der Waals surface area contributed by atoms with Crippen LogP contribution >= 0.6 is 11.3 Å². The van der Waals surface area contributed by atoms with E-state index in [1.807, 2.05) is 7.05 Å². The normalized spacial score (nSPS) is 13.1. The van der Waals surface area contributed by atoms with Crippen LogP contribution < -0.4 is 10.6 Å². The highest BCUT2D eigenvalue weighted by atomic mass is 32.1. The first-order chi connectivity index (χ1) is 12.5. The van der Waals surface area contributed by atoms with Crippen molar-refractivity contribution in [3.05, 3.63) is 51.5 Å². The second kappa shape index (κ2) is 10.3. The lowest BCUT2D eigenvalue weighted by Gasteiger charge is -2.25. The van der Waals surface area contributed by atoms with Crippen molar-refractivity contribution in [2.45, 2.75) is 39.8 Å². The van der Waals surface area contributed by atoms with Crippen LogP contribution in [0.2, 0.25) is 0 Å². The van der Waals surface area contributed by atoms with Gasteiger partial charge in [0.25, 0.3) is 0 Å². The second-order valence-electron chi connectivity index (χ2n) is 6.63. The fraction of sp³-hybridized carbons (Fsp3) is 0.500. The van der Waals surface area contributed by atoms with Crippen LogP contribution in [0.4, 0.5) is 0 Å². The van der Waals surface area contributed by atoms with Gasteiger partial charge in [0.2, 0.25) is 0 Å². The number of rotatable bonds is 8. The molecule has 26 heavy (non-hydrogen) atoms. The lowest BCUT2D eigenvalue weighted by atomic mass is 10.2. The molecule has 0 bridgehead atoms. The van der Waals surface area contributed by atoms with Gasteiger partial charge in [-0.05, 0) is 33.4 Å². The summed E-state index contributed by atoms with van der Waals surface area (Å²) < 4.78 is 0. The van der Waals surface area contributed by atoms with Crippen molar-refractivity contribution in [3.63, 3.8) is 0 Å². The molecular weight excluding hydrogens is 342 g/mol. The molecule has 142 valence electrons. The fourth-order valence-electron chi connectivity index (χ4n) is 2.58. The smallest absolute Gasteiger partial charge is 0.191 e. The molecule has 0 spiro atoms. The van der Waals surface area contributed by atoms with Crippen LogP contribution in [0.15, 0.2) is 35.3 Å². The molecule has 5 nitrogen and oxygen atoms in total. The molecule has 2 N–H and O–H groups in total. The van der Waals surface area contributed by atoms with Crippen molar-refractivity contribution in [2.24, 2.45) is 4.99 Å². The maximum Gasteiger partial charge on any atom is 0.191 e. The zero-order chi connectivity index (χ0) is 18.9. The molecule has 0 saturated heterocycles. The fourth-order valence-corrected chi connectivity index (χ4v) is 3.52. The largest absolute Gasteiger partial charge is 0.356 e. The number of nitrogens with one attached hydrogen (secondary N) is 2. The van der Waals surface area contributed by atoms with Crippen LogP contribution in [0.5, 0.6) is 0 Å². The van der Waals surface area contributed by atoms with Gasteiger partial charge in [-0.3, -0.25) is 9.89 Å². The van der Waals surface area contributed by atoms with E-state index in [0.29, 0.717) is 6.04 Å². The number of aromatic nitrogens is 1. The lowest BCUT2D eigenvalue weighted by molar-refractivity contribution is 0.249.